The van der Waals surface area contributed by atoms with Crippen LogP contribution in [0.5, 0.6) is 0 Å². The fourth-order valence-electron chi connectivity index (χ4n) is 2.16. The van der Waals surface area contributed by atoms with Crippen molar-refractivity contribution in [1.82, 2.24) is 14.1 Å². The van der Waals surface area contributed by atoms with E-state index in [9.17, 15) is 9.59 Å². The average Bonchev–Trinajstić information content (AvgIpc) is 2.71. The van der Waals surface area contributed by atoms with Crippen LogP contribution < -0.4 is 11.4 Å². The predicted octanol–water partition coefficient (Wildman–Crippen LogP) is 1.01. The quantitative estimate of drug-likeness (QED) is 0.667. The highest BCUT2D eigenvalue weighted by Crippen LogP contribution is 2.16. The Balaban J connectivity index is 2.32. The van der Waals surface area contributed by atoms with Crippen LogP contribution in [-0.4, -0.2) is 20.0 Å². The molecule has 0 atom stereocenters. The second-order valence-electron chi connectivity index (χ2n) is 4.45. The van der Waals surface area contributed by atoms with Crippen LogP contribution in [0.2, 0.25) is 0 Å². The van der Waals surface area contributed by atoms with Crippen molar-refractivity contribution < 1.29 is 4.79 Å². The lowest BCUT2D eigenvalue weighted by Gasteiger charge is -2.01. The first-order chi connectivity index (χ1) is 9.59. The van der Waals surface area contributed by atoms with Crippen LogP contribution in [0.15, 0.2) is 47.4 Å². The predicted molar refractivity (Wildman–Crippen MR) is 75.6 cm³/mol. The molecule has 100 valence electrons. The third kappa shape index (κ3) is 1.70. The molecule has 3 rings (SSSR count). The highest BCUT2D eigenvalue weighted by Gasteiger charge is 2.18. The van der Waals surface area contributed by atoms with Gasteiger partial charge in [-0.25, -0.2) is 9.36 Å². The van der Waals surface area contributed by atoms with Gasteiger partial charge < -0.3 is 5.73 Å². The van der Waals surface area contributed by atoms with Gasteiger partial charge in [0.25, 0.3) is 5.91 Å². The standard InChI is InChI=1S/C14H12N4O2/c1-17-11-6-5-9(15)8-12(11)18(14(17)20)13(19)10-4-2-3-7-16-10/h2-8H,15H2,1H3. The fourth-order valence-corrected chi connectivity index (χ4v) is 2.16. The average molecular weight is 268 g/mol. The molecule has 0 amide bonds. The Kier molecular flexibility index (Phi) is 2.64. The summed E-state index contributed by atoms with van der Waals surface area (Å²) >= 11 is 0. The van der Waals surface area contributed by atoms with Gasteiger partial charge in [-0.1, -0.05) is 6.07 Å². The van der Waals surface area contributed by atoms with E-state index in [4.69, 9.17) is 5.73 Å². The molecule has 1 aromatic carbocycles. The summed E-state index contributed by atoms with van der Waals surface area (Å²) in [5, 5.41) is 0. The van der Waals surface area contributed by atoms with Crippen LogP contribution in [0.3, 0.4) is 0 Å². The number of rotatable bonds is 1. The summed E-state index contributed by atoms with van der Waals surface area (Å²) in [7, 11) is 1.61. The molecule has 2 N–H and O–H groups in total. The van der Waals surface area contributed by atoms with Gasteiger partial charge in [-0.05, 0) is 30.3 Å². The van der Waals surface area contributed by atoms with Gasteiger partial charge in [-0.3, -0.25) is 14.3 Å². The van der Waals surface area contributed by atoms with E-state index in [2.05, 4.69) is 4.98 Å². The van der Waals surface area contributed by atoms with Crippen LogP contribution in [0, 0.1) is 0 Å². The number of benzene rings is 1. The minimum atomic E-state index is -0.466. The number of pyridine rings is 1. The minimum absolute atomic E-state index is 0.213. The molecule has 2 aromatic heterocycles. The number of hydrogen-bond donors (Lipinski definition) is 1. The summed E-state index contributed by atoms with van der Waals surface area (Å²) in [4.78, 5) is 28.7. The SMILES string of the molecule is Cn1c(=O)n(C(=O)c2ccccn2)c2cc(N)ccc21. The lowest BCUT2D eigenvalue weighted by atomic mass is 10.2. The summed E-state index contributed by atoms with van der Waals surface area (Å²) in [6.07, 6.45) is 1.51. The molecule has 6 heteroatoms. The van der Waals surface area contributed by atoms with E-state index in [-0.39, 0.29) is 5.69 Å². The van der Waals surface area contributed by atoms with Crippen LogP contribution >= 0.6 is 0 Å². The van der Waals surface area contributed by atoms with E-state index in [0.29, 0.717) is 16.7 Å². The van der Waals surface area contributed by atoms with Crippen molar-refractivity contribution in [2.24, 2.45) is 7.05 Å². The Morgan fingerprint density at radius 2 is 2.00 bits per heavy atom. The fraction of sp³-hybridized carbons (Fsp3) is 0.0714. The summed E-state index contributed by atoms with van der Waals surface area (Å²) in [5.41, 5.74) is 7.15. The summed E-state index contributed by atoms with van der Waals surface area (Å²) in [6.45, 7) is 0. The van der Waals surface area contributed by atoms with Crippen molar-refractivity contribution in [3.05, 3.63) is 58.8 Å². The molecule has 0 aliphatic heterocycles. The monoisotopic (exact) mass is 268 g/mol. The van der Waals surface area contributed by atoms with Crippen LogP contribution in [0.4, 0.5) is 5.69 Å². The molecule has 20 heavy (non-hydrogen) atoms. The zero-order valence-corrected chi connectivity index (χ0v) is 10.8. The summed E-state index contributed by atoms with van der Waals surface area (Å²) in [5.74, 6) is -0.466. The highest BCUT2D eigenvalue weighted by molar-refractivity contribution is 6.00. The maximum atomic E-state index is 12.5. The van der Waals surface area contributed by atoms with E-state index in [0.717, 1.165) is 4.57 Å². The molecule has 2 heterocycles. The molecule has 0 aliphatic carbocycles. The van der Waals surface area contributed by atoms with Crippen molar-refractivity contribution in [3.8, 4) is 0 Å². The van der Waals surface area contributed by atoms with Crippen molar-refractivity contribution in [2.45, 2.75) is 0 Å². The van der Waals surface area contributed by atoms with Gasteiger partial charge in [0.05, 0.1) is 11.0 Å². The summed E-state index contributed by atoms with van der Waals surface area (Å²) in [6, 6.07) is 9.99. The second-order valence-corrected chi connectivity index (χ2v) is 4.45. The topological polar surface area (TPSA) is 82.9 Å². The van der Waals surface area contributed by atoms with Crippen molar-refractivity contribution in [2.75, 3.05) is 5.73 Å². The molecule has 0 unspecified atom stereocenters. The maximum absolute atomic E-state index is 12.5. The first-order valence-electron chi connectivity index (χ1n) is 6.02. The first-order valence-corrected chi connectivity index (χ1v) is 6.02. The number of carbonyl (C=O) groups excluding carboxylic acids is 1. The van der Waals surface area contributed by atoms with E-state index < -0.39 is 11.6 Å². The molecule has 0 bridgehead atoms. The smallest absolute Gasteiger partial charge is 0.336 e. The van der Waals surface area contributed by atoms with E-state index >= 15 is 0 Å². The molecule has 3 aromatic rings. The number of aryl methyl sites for hydroxylation is 1. The number of carbonyl (C=O) groups is 1. The number of anilines is 1. The zero-order valence-electron chi connectivity index (χ0n) is 10.8. The Labute approximate surface area is 114 Å². The third-order valence-corrected chi connectivity index (χ3v) is 3.17. The van der Waals surface area contributed by atoms with Gasteiger partial charge in [0.1, 0.15) is 5.69 Å². The largest absolute Gasteiger partial charge is 0.399 e. The number of imidazole rings is 1. The Hall–Kier alpha value is -2.89. The molecule has 0 radical (unpaired) electrons. The van der Waals surface area contributed by atoms with Crippen LogP contribution in [0.1, 0.15) is 10.5 Å². The molecule has 6 nitrogen and oxygen atoms in total. The van der Waals surface area contributed by atoms with Crippen LogP contribution in [-0.2, 0) is 7.05 Å². The number of nitrogen functional groups attached to an aromatic ring is 1. The van der Waals surface area contributed by atoms with Gasteiger partial charge in [0, 0.05) is 18.9 Å². The Morgan fingerprint density at radius 3 is 2.70 bits per heavy atom. The number of hydrogen-bond acceptors (Lipinski definition) is 4. The van der Waals surface area contributed by atoms with E-state index in [1.165, 1.54) is 10.8 Å². The molecule has 0 saturated heterocycles. The van der Waals surface area contributed by atoms with Gasteiger partial charge in [0.15, 0.2) is 0 Å². The summed E-state index contributed by atoms with van der Waals surface area (Å²) < 4.78 is 2.50. The van der Waals surface area contributed by atoms with Crippen molar-refractivity contribution in [1.29, 1.82) is 0 Å². The lowest BCUT2D eigenvalue weighted by molar-refractivity contribution is 0.0955. The van der Waals surface area contributed by atoms with E-state index in [1.807, 2.05) is 0 Å². The normalized spacial score (nSPS) is 10.8. The van der Waals surface area contributed by atoms with Gasteiger partial charge in [-0.2, -0.15) is 0 Å². The number of aromatic nitrogens is 3. The first kappa shape index (κ1) is 12.2. The van der Waals surface area contributed by atoms with Crippen molar-refractivity contribution >= 4 is 22.6 Å². The minimum Gasteiger partial charge on any atom is -0.399 e. The Morgan fingerprint density at radius 1 is 1.20 bits per heavy atom. The number of fused-ring (bicyclic) bond motifs is 1. The molecule has 0 aliphatic rings. The third-order valence-electron chi connectivity index (χ3n) is 3.17. The van der Waals surface area contributed by atoms with Gasteiger partial charge in [0.2, 0.25) is 0 Å². The second kappa shape index (κ2) is 4.34. The highest BCUT2D eigenvalue weighted by atomic mass is 16.2. The lowest BCUT2D eigenvalue weighted by Crippen LogP contribution is -2.28. The molecular formula is C14H12N4O2. The molecular weight excluding hydrogens is 256 g/mol. The van der Waals surface area contributed by atoms with Crippen LogP contribution in [0.25, 0.3) is 11.0 Å². The van der Waals surface area contributed by atoms with Gasteiger partial charge in [-0.15, -0.1) is 0 Å². The maximum Gasteiger partial charge on any atom is 0.336 e. The molecule has 0 fully saturated rings. The van der Waals surface area contributed by atoms with E-state index in [1.54, 1.807) is 43.4 Å². The zero-order chi connectivity index (χ0) is 14.3. The van der Waals surface area contributed by atoms with Gasteiger partial charge >= 0.3 is 5.69 Å². The Bertz CT molecular complexity index is 862. The van der Waals surface area contributed by atoms with Crippen molar-refractivity contribution in [3.63, 3.8) is 0 Å². The molecule has 0 saturated carbocycles. The number of nitrogens with zero attached hydrogens (tertiary/aromatic N) is 3. The molecule has 0 spiro atoms. The number of nitrogens with two attached hydrogens (primary N) is 1.